The van der Waals surface area contributed by atoms with Crippen LogP contribution in [0.15, 0.2) is 0 Å². The largest absolute Gasteiger partial charge is 0.480 e. The summed E-state index contributed by atoms with van der Waals surface area (Å²) in [5.74, 6) is -0.989. The van der Waals surface area contributed by atoms with E-state index < -0.39 is 12.0 Å². The molecule has 5 heteroatoms. The minimum absolute atomic E-state index is 0.0964. The second-order valence-electron chi connectivity index (χ2n) is 4.38. The maximum Gasteiger partial charge on any atom is 0.326 e. The molecule has 0 heterocycles. The van der Waals surface area contributed by atoms with Crippen molar-refractivity contribution in [3.8, 4) is 0 Å². The van der Waals surface area contributed by atoms with Gasteiger partial charge in [0.05, 0.1) is 0 Å². The smallest absolute Gasteiger partial charge is 0.326 e. The Labute approximate surface area is 95.6 Å². The quantitative estimate of drug-likeness (QED) is 0.667. The number of aliphatic carboxylic acids is 1. The predicted octanol–water partition coefficient (Wildman–Crippen LogP) is 1.48. The van der Waals surface area contributed by atoms with Crippen LogP contribution in [0.3, 0.4) is 0 Å². The van der Waals surface area contributed by atoms with Gasteiger partial charge in [0, 0.05) is 5.54 Å². The first-order chi connectivity index (χ1) is 7.53. The van der Waals surface area contributed by atoms with E-state index in [-0.39, 0.29) is 11.6 Å². The number of urea groups is 1. The fourth-order valence-electron chi connectivity index (χ4n) is 1.94. The van der Waals surface area contributed by atoms with Gasteiger partial charge in [-0.15, -0.1) is 0 Å². The third kappa shape index (κ3) is 2.87. The van der Waals surface area contributed by atoms with Crippen molar-refractivity contribution in [3.63, 3.8) is 0 Å². The van der Waals surface area contributed by atoms with Crippen LogP contribution in [0, 0.1) is 0 Å². The number of nitrogens with one attached hydrogen (secondary N) is 2. The fourth-order valence-corrected chi connectivity index (χ4v) is 1.94. The highest BCUT2D eigenvalue weighted by molar-refractivity contribution is 5.82. The van der Waals surface area contributed by atoms with Crippen molar-refractivity contribution in [1.29, 1.82) is 0 Å². The first-order valence-electron chi connectivity index (χ1n) is 5.84. The molecular formula is C11H20N2O3. The van der Waals surface area contributed by atoms with Crippen LogP contribution in [-0.4, -0.2) is 28.7 Å². The van der Waals surface area contributed by atoms with Crippen molar-refractivity contribution < 1.29 is 14.7 Å². The zero-order valence-corrected chi connectivity index (χ0v) is 9.88. The normalized spacial score (nSPS) is 19.4. The van der Waals surface area contributed by atoms with Gasteiger partial charge in [-0.1, -0.05) is 13.8 Å². The molecule has 92 valence electrons. The number of carboxylic acid groups (broad SMARTS) is 1. The van der Waals surface area contributed by atoms with Gasteiger partial charge >= 0.3 is 12.0 Å². The van der Waals surface area contributed by atoms with Gasteiger partial charge in [-0.3, -0.25) is 0 Å². The summed E-state index contributed by atoms with van der Waals surface area (Å²) < 4.78 is 0. The van der Waals surface area contributed by atoms with E-state index in [0.29, 0.717) is 6.42 Å². The van der Waals surface area contributed by atoms with Crippen molar-refractivity contribution in [2.24, 2.45) is 0 Å². The number of hydrogen-bond donors (Lipinski definition) is 3. The van der Waals surface area contributed by atoms with Gasteiger partial charge in [-0.25, -0.2) is 9.59 Å². The summed E-state index contributed by atoms with van der Waals surface area (Å²) in [5.41, 5.74) is -0.0964. The Bertz CT molecular complexity index is 269. The Morgan fingerprint density at radius 2 is 2.00 bits per heavy atom. The molecule has 16 heavy (non-hydrogen) atoms. The lowest BCUT2D eigenvalue weighted by molar-refractivity contribution is -0.139. The van der Waals surface area contributed by atoms with Crippen LogP contribution < -0.4 is 10.6 Å². The highest BCUT2D eigenvalue weighted by Gasteiger charge is 2.36. The molecule has 0 bridgehead atoms. The SMILES string of the molecule is CCC(NC(=O)NC1(CC)CCC1)C(=O)O. The van der Waals surface area contributed by atoms with Gasteiger partial charge in [-0.2, -0.15) is 0 Å². The maximum absolute atomic E-state index is 11.6. The lowest BCUT2D eigenvalue weighted by Gasteiger charge is -2.42. The molecule has 0 aromatic carbocycles. The third-order valence-corrected chi connectivity index (χ3v) is 3.38. The van der Waals surface area contributed by atoms with Crippen LogP contribution >= 0.6 is 0 Å². The number of hydrogen-bond acceptors (Lipinski definition) is 2. The van der Waals surface area contributed by atoms with E-state index in [0.717, 1.165) is 25.7 Å². The second-order valence-corrected chi connectivity index (χ2v) is 4.38. The van der Waals surface area contributed by atoms with Crippen LogP contribution in [0.1, 0.15) is 46.0 Å². The second kappa shape index (κ2) is 5.18. The average molecular weight is 228 g/mol. The van der Waals surface area contributed by atoms with E-state index in [1.807, 2.05) is 6.92 Å². The van der Waals surface area contributed by atoms with E-state index in [4.69, 9.17) is 5.11 Å². The molecule has 1 unspecified atom stereocenters. The number of carbonyl (C=O) groups excluding carboxylic acids is 1. The van der Waals surface area contributed by atoms with E-state index >= 15 is 0 Å². The molecule has 1 rings (SSSR count). The molecule has 1 aliphatic rings. The molecule has 0 saturated heterocycles. The Kier molecular flexibility index (Phi) is 4.15. The number of carbonyl (C=O) groups is 2. The molecular weight excluding hydrogens is 208 g/mol. The fraction of sp³-hybridized carbons (Fsp3) is 0.818. The molecule has 1 aliphatic carbocycles. The highest BCUT2D eigenvalue weighted by Crippen LogP contribution is 2.34. The topological polar surface area (TPSA) is 78.4 Å². The molecule has 0 aliphatic heterocycles. The number of carboxylic acids is 1. The molecule has 1 atom stereocenters. The molecule has 0 aromatic rings. The first kappa shape index (κ1) is 12.8. The minimum atomic E-state index is -0.989. The summed E-state index contributed by atoms with van der Waals surface area (Å²) in [6, 6.07) is -1.16. The van der Waals surface area contributed by atoms with Crippen LogP contribution in [0.25, 0.3) is 0 Å². The molecule has 3 N–H and O–H groups in total. The number of amides is 2. The van der Waals surface area contributed by atoms with E-state index in [1.54, 1.807) is 6.92 Å². The van der Waals surface area contributed by atoms with E-state index in [2.05, 4.69) is 10.6 Å². The summed E-state index contributed by atoms with van der Waals surface area (Å²) in [4.78, 5) is 22.3. The lowest BCUT2D eigenvalue weighted by atomic mass is 9.75. The predicted molar refractivity (Wildman–Crippen MR) is 60.3 cm³/mol. The molecule has 0 spiro atoms. The monoisotopic (exact) mass is 228 g/mol. The van der Waals surface area contributed by atoms with Gasteiger partial charge in [0.2, 0.25) is 0 Å². The van der Waals surface area contributed by atoms with Crippen LogP contribution in [0.2, 0.25) is 0 Å². The Balaban J connectivity index is 2.43. The van der Waals surface area contributed by atoms with Gasteiger partial charge in [0.15, 0.2) is 0 Å². The van der Waals surface area contributed by atoms with Gasteiger partial charge in [-0.05, 0) is 32.1 Å². The van der Waals surface area contributed by atoms with Gasteiger partial charge in [0.1, 0.15) is 6.04 Å². The van der Waals surface area contributed by atoms with Crippen molar-refractivity contribution in [3.05, 3.63) is 0 Å². The Morgan fingerprint density at radius 1 is 1.38 bits per heavy atom. The van der Waals surface area contributed by atoms with Crippen molar-refractivity contribution in [2.75, 3.05) is 0 Å². The summed E-state index contributed by atoms with van der Waals surface area (Å²) in [5, 5.41) is 14.2. The van der Waals surface area contributed by atoms with Gasteiger partial charge < -0.3 is 15.7 Å². The standard InChI is InChI=1S/C11H20N2O3/c1-3-8(9(14)15)12-10(16)13-11(4-2)6-5-7-11/h8H,3-7H2,1-2H3,(H,14,15)(H2,12,13,16). The number of rotatable bonds is 5. The summed E-state index contributed by atoms with van der Waals surface area (Å²) in [6.45, 7) is 3.77. The lowest BCUT2D eigenvalue weighted by Crippen LogP contribution is -2.58. The van der Waals surface area contributed by atoms with Crippen LogP contribution in [0.5, 0.6) is 0 Å². The molecule has 1 fully saturated rings. The minimum Gasteiger partial charge on any atom is -0.480 e. The molecule has 2 amide bonds. The van der Waals surface area contributed by atoms with E-state index in [1.165, 1.54) is 0 Å². The third-order valence-electron chi connectivity index (χ3n) is 3.38. The molecule has 0 aromatic heterocycles. The maximum atomic E-state index is 11.6. The first-order valence-corrected chi connectivity index (χ1v) is 5.84. The highest BCUT2D eigenvalue weighted by atomic mass is 16.4. The summed E-state index contributed by atoms with van der Waals surface area (Å²) >= 11 is 0. The summed E-state index contributed by atoms with van der Waals surface area (Å²) in [6.07, 6.45) is 4.39. The average Bonchev–Trinajstić information content (AvgIpc) is 2.19. The van der Waals surface area contributed by atoms with Crippen LogP contribution in [-0.2, 0) is 4.79 Å². The zero-order chi connectivity index (χ0) is 12.2. The van der Waals surface area contributed by atoms with Crippen molar-refractivity contribution in [2.45, 2.75) is 57.5 Å². The molecule has 0 radical (unpaired) electrons. The van der Waals surface area contributed by atoms with Crippen LogP contribution in [0.4, 0.5) is 4.79 Å². The molecule has 1 saturated carbocycles. The van der Waals surface area contributed by atoms with Gasteiger partial charge in [0.25, 0.3) is 0 Å². The van der Waals surface area contributed by atoms with E-state index in [9.17, 15) is 9.59 Å². The zero-order valence-electron chi connectivity index (χ0n) is 9.88. The molecule has 5 nitrogen and oxygen atoms in total. The van der Waals surface area contributed by atoms with Crippen molar-refractivity contribution in [1.82, 2.24) is 10.6 Å². The Hall–Kier alpha value is -1.26. The van der Waals surface area contributed by atoms with Crippen molar-refractivity contribution >= 4 is 12.0 Å². The Morgan fingerprint density at radius 3 is 2.31 bits per heavy atom. The summed E-state index contributed by atoms with van der Waals surface area (Å²) in [7, 11) is 0.